The number of allylic oxidation sites excluding steroid dienone is 2. The molecule has 0 N–H and O–H groups in total. The Hall–Kier alpha value is -0.0800. The minimum absolute atomic E-state index is 0.974. The van der Waals surface area contributed by atoms with Gasteiger partial charge in [0.25, 0.3) is 0 Å². The number of hydrogen-bond acceptors (Lipinski definition) is 2. The smallest absolute Gasteiger partial charge is 0.00422 e. The van der Waals surface area contributed by atoms with E-state index in [2.05, 4.69) is 6.92 Å². The molecule has 0 unspecified atom stereocenters. The van der Waals surface area contributed by atoms with Gasteiger partial charge in [0.2, 0.25) is 0 Å². The molecule has 0 spiro atoms. The lowest BCUT2D eigenvalue weighted by molar-refractivity contribution is 1.02. The highest BCUT2D eigenvalue weighted by Crippen LogP contribution is 2.07. The third-order valence-corrected chi connectivity index (χ3v) is 2.08. The predicted octanol–water partition coefficient (Wildman–Crippen LogP) is 3.10. The van der Waals surface area contributed by atoms with Gasteiger partial charge in [-0.2, -0.15) is 0 Å². The van der Waals surface area contributed by atoms with E-state index >= 15 is 0 Å². The zero-order valence-electron chi connectivity index (χ0n) is 6.39. The van der Waals surface area contributed by atoms with E-state index in [1.54, 1.807) is 10.7 Å². The lowest BCUT2D eigenvalue weighted by Gasteiger charge is -1.98. The summed E-state index contributed by atoms with van der Waals surface area (Å²) in [5.74, 6) is 0. The third-order valence-electron chi connectivity index (χ3n) is 1.49. The van der Waals surface area contributed by atoms with Crippen molar-refractivity contribution in [3.05, 3.63) is 11.1 Å². The molecule has 0 atom stereocenters. The van der Waals surface area contributed by atoms with Crippen LogP contribution in [0.25, 0.3) is 0 Å². The Bertz CT molecular complexity index is 157. The highest BCUT2D eigenvalue weighted by molar-refractivity contribution is 7.79. The lowest BCUT2D eigenvalue weighted by atomic mass is 10.1. The van der Waals surface area contributed by atoms with Gasteiger partial charge in [-0.05, 0) is 37.6 Å². The molecule has 10 heavy (non-hydrogen) atoms. The van der Waals surface area contributed by atoms with Crippen molar-refractivity contribution in [2.45, 2.75) is 26.7 Å². The van der Waals surface area contributed by atoms with E-state index in [1.807, 2.05) is 6.92 Å². The molecule has 0 saturated carbocycles. The molecule has 2 heteroatoms. The number of thiocarbonyl (C=S) groups is 2. The minimum atomic E-state index is 0.974. The Morgan fingerprint density at radius 1 is 1.30 bits per heavy atom. The second-order valence-electron chi connectivity index (χ2n) is 2.29. The molecule has 0 aliphatic carbocycles. The summed E-state index contributed by atoms with van der Waals surface area (Å²) in [7, 11) is 0. The van der Waals surface area contributed by atoms with Crippen molar-refractivity contribution in [2.24, 2.45) is 0 Å². The summed E-state index contributed by atoms with van der Waals surface area (Å²) in [6.07, 6.45) is 2.02. The van der Waals surface area contributed by atoms with Crippen LogP contribution in [0.2, 0.25) is 0 Å². The van der Waals surface area contributed by atoms with Gasteiger partial charge in [0.15, 0.2) is 0 Å². The average Bonchev–Trinajstić information content (AvgIpc) is 1.98. The number of rotatable bonds is 4. The van der Waals surface area contributed by atoms with Gasteiger partial charge in [0.05, 0.1) is 0 Å². The summed E-state index contributed by atoms with van der Waals surface area (Å²) in [5, 5.41) is 3.48. The minimum Gasteiger partial charge on any atom is -0.0935 e. The maximum absolute atomic E-state index is 4.78. The first kappa shape index (κ1) is 9.92. The van der Waals surface area contributed by atoms with Crippen molar-refractivity contribution in [3.8, 4) is 0 Å². The second-order valence-corrected chi connectivity index (χ2v) is 2.86. The van der Waals surface area contributed by atoms with Gasteiger partial charge in [0, 0.05) is 5.37 Å². The fraction of sp³-hybridized carbons (Fsp3) is 0.500. The van der Waals surface area contributed by atoms with E-state index in [0.717, 1.165) is 12.8 Å². The molecular weight excluding hydrogens is 160 g/mol. The summed E-state index contributed by atoms with van der Waals surface area (Å²) >= 11 is 9.49. The normalized spacial score (nSPS) is 12.2. The Kier molecular flexibility index (Phi) is 5.64. The molecular formula is C8H12S2. The lowest BCUT2D eigenvalue weighted by Crippen LogP contribution is -1.84. The van der Waals surface area contributed by atoms with Crippen molar-refractivity contribution in [1.29, 1.82) is 0 Å². The van der Waals surface area contributed by atoms with Gasteiger partial charge < -0.3 is 0 Å². The Labute approximate surface area is 73.3 Å². The van der Waals surface area contributed by atoms with Crippen LogP contribution in [0.3, 0.4) is 0 Å². The molecule has 56 valence electrons. The molecule has 0 aromatic rings. The second kappa shape index (κ2) is 5.69. The quantitative estimate of drug-likeness (QED) is 0.472. The van der Waals surface area contributed by atoms with E-state index in [-0.39, 0.29) is 0 Å². The van der Waals surface area contributed by atoms with Gasteiger partial charge in [-0.1, -0.05) is 30.0 Å². The van der Waals surface area contributed by atoms with E-state index in [4.69, 9.17) is 24.4 Å². The molecule has 0 nitrogen and oxygen atoms in total. The molecule has 0 saturated heterocycles. The topological polar surface area (TPSA) is 0 Å². The van der Waals surface area contributed by atoms with Crippen LogP contribution in [0, 0.1) is 0 Å². The zero-order chi connectivity index (χ0) is 7.98. The summed E-state index contributed by atoms with van der Waals surface area (Å²) < 4.78 is 0. The molecule has 0 aromatic heterocycles. The molecule has 0 aliphatic heterocycles. The molecule has 0 aromatic carbocycles. The SMILES string of the molecule is C/C(C=S)=C(/C)CCC=S. The Balaban J connectivity index is 3.90. The average molecular weight is 172 g/mol. The standard InChI is InChI=1S/C8H12S2/c1-7(4-3-5-9)8(2)6-10/h5-6H,3-4H2,1-2H3/b8-7+. The van der Waals surface area contributed by atoms with Crippen LogP contribution in [0.15, 0.2) is 11.1 Å². The first-order valence-electron chi connectivity index (χ1n) is 3.27. The molecule has 0 rings (SSSR count). The van der Waals surface area contributed by atoms with Crippen LogP contribution < -0.4 is 0 Å². The zero-order valence-corrected chi connectivity index (χ0v) is 8.02. The monoisotopic (exact) mass is 172 g/mol. The highest BCUT2D eigenvalue weighted by Gasteiger charge is 1.91. The summed E-state index contributed by atoms with van der Waals surface area (Å²) in [4.78, 5) is 0. The fourth-order valence-electron chi connectivity index (χ4n) is 0.573. The predicted molar refractivity (Wildman–Crippen MR) is 54.9 cm³/mol. The summed E-state index contributed by atoms with van der Waals surface area (Å²) in [5.41, 5.74) is 2.54. The van der Waals surface area contributed by atoms with Crippen LogP contribution in [-0.2, 0) is 0 Å². The molecule has 0 aliphatic rings. The maximum atomic E-state index is 4.78. The first-order valence-corrected chi connectivity index (χ1v) is 4.21. The highest BCUT2D eigenvalue weighted by atomic mass is 32.1. The van der Waals surface area contributed by atoms with Crippen molar-refractivity contribution >= 4 is 35.2 Å². The van der Waals surface area contributed by atoms with E-state index in [1.165, 1.54) is 11.1 Å². The molecule has 0 heterocycles. The van der Waals surface area contributed by atoms with Crippen molar-refractivity contribution in [2.75, 3.05) is 0 Å². The Morgan fingerprint density at radius 3 is 2.30 bits per heavy atom. The van der Waals surface area contributed by atoms with Gasteiger partial charge in [-0.25, -0.2) is 0 Å². The largest absolute Gasteiger partial charge is 0.0935 e. The van der Waals surface area contributed by atoms with Crippen LogP contribution >= 0.6 is 24.4 Å². The van der Waals surface area contributed by atoms with E-state index < -0.39 is 0 Å². The molecule has 0 amide bonds. The van der Waals surface area contributed by atoms with Crippen molar-refractivity contribution in [3.63, 3.8) is 0 Å². The van der Waals surface area contributed by atoms with Gasteiger partial charge in [-0.15, -0.1) is 0 Å². The van der Waals surface area contributed by atoms with Crippen LogP contribution in [0.5, 0.6) is 0 Å². The van der Waals surface area contributed by atoms with Gasteiger partial charge in [-0.3, -0.25) is 0 Å². The van der Waals surface area contributed by atoms with Crippen LogP contribution in [-0.4, -0.2) is 10.7 Å². The Morgan fingerprint density at radius 2 is 1.90 bits per heavy atom. The summed E-state index contributed by atoms with van der Waals surface area (Å²) in [6.45, 7) is 4.13. The number of hydrogen-bond donors (Lipinski definition) is 0. The third kappa shape index (κ3) is 3.85. The molecule has 0 radical (unpaired) electrons. The van der Waals surface area contributed by atoms with Crippen LogP contribution in [0.4, 0.5) is 0 Å². The fourth-order valence-corrected chi connectivity index (χ4v) is 0.892. The molecule has 0 fully saturated rings. The van der Waals surface area contributed by atoms with Gasteiger partial charge in [0.1, 0.15) is 0 Å². The van der Waals surface area contributed by atoms with Crippen molar-refractivity contribution in [1.82, 2.24) is 0 Å². The van der Waals surface area contributed by atoms with E-state index in [0.29, 0.717) is 0 Å². The maximum Gasteiger partial charge on any atom is 0.00422 e. The molecule has 0 bridgehead atoms. The first-order chi connectivity index (χ1) is 4.72. The van der Waals surface area contributed by atoms with Crippen LogP contribution in [0.1, 0.15) is 26.7 Å². The van der Waals surface area contributed by atoms with E-state index in [9.17, 15) is 0 Å². The summed E-state index contributed by atoms with van der Waals surface area (Å²) in [6, 6.07) is 0. The van der Waals surface area contributed by atoms with Gasteiger partial charge >= 0.3 is 0 Å². The van der Waals surface area contributed by atoms with Crippen molar-refractivity contribution < 1.29 is 0 Å².